The van der Waals surface area contributed by atoms with Gasteiger partial charge in [-0.25, -0.2) is 0 Å². The molecule has 0 spiro atoms. The molecule has 0 atom stereocenters. The van der Waals surface area contributed by atoms with E-state index < -0.39 is 0 Å². The van der Waals surface area contributed by atoms with E-state index in [2.05, 4.69) is 0 Å². The van der Waals surface area contributed by atoms with Gasteiger partial charge in [0.2, 0.25) is 5.91 Å². The molecule has 2 aromatic rings. The number of ether oxygens (including phenoxy) is 2. The highest BCUT2D eigenvalue weighted by atomic mass is 16.5. The molecule has 1 saturated heterocycles. The minimum Gasteiger partial charge on any atom is -0.496 e. The summed E-state index contributed by atoms with van der Waals surface area (Å²) in [5.74, 6) is 0.980. The number of hydrogen-bond donors (Lipinski definition) is 0. The predicted octanol–water partition coefficient (Wildman–Crippen LogP) is 2.62. The SMILES string of the molecule is COc1cccc(OC)c1C(=O)N1CCN(C(=O)CCc2ccccc2)CC1. The Balaban J connectivity index is 1.58. The Morgan fingerprint density at radius 2 is 1.39 bits per heavy atom. The van der Waals surface area contributed by atoms with E-state index in [0.717, 1.165) is 12.0 Å². The molecule has 0 N–H and O–H groups in total. The number of methoxy groups -OCH3 is 2. The predicted molar refractivity (Wildman–Crippen MR) is 107 cm³/mol. The molecule has 148 valence electrons. The molecule has 1 aliphatic rings. The Bertz CT molecular complexity index is 792. The van der Waals surface area contributed by atoms with Gasteiger partial charge in [-0.15, -0.1) is 0 Å². The lowest BCUT2D eigenvalue weighted by atomic mass is 10.1. The van der Waals surface area contributed by atoms with Gasteiger partial charge in [-0.05, 0) is 24.1 Å². The first kappa shape index (κ1) is 19.7. The lowest BCUT2D eigenvalue weighted by molar-refractivity contribution is -0.132. The van der Waals surface area contributed by atoms with Crippen molar-refractivity contribution in [1.82, 2.24) is 9.80 Å². The molecule has 28 heavy (non-hydrogen) atoms. The third-order valence-electron chi connectivity index (χ3n) is 5.03. The van der Waals surface area contributed by atoms with Crippen LogP contribution in [0.2, 0.25) is 0 Å². The first-order valence-corrected chi connectivity index (χ1v) is 9.46. The number of amides is 2. The Kier molecular flexibility index (Phi) is 6.53. The average molecular weight is 382 g/mol. The molecule has 0 saturated carbocycles. The molecule has 3 rings (SSSR count). The number of benzene rings is 2. The average Bonchev–Trinajstić information content (AvgIpc) is 2.77. The zero-order valence-electron chi connectivity index (χ0n) is 16.4. The van der Waals surface area contributed by atoms with E-state index in [1.54, 1.807) is 23.1 Å². The van der Waals surface area contributed by atoms with E-state index in [0.29, 0.717) is 49.7 Å². The van der Waals surface area contributed by atoms with Gasteiger partial charge in [0.15, 0.2) is 0 Å². The minimum atomic E-state index is -0.134. The molecule has 2 aromatic carbocycles. The lowest BCUT2D eigenvalue weighted by Gasteiger charge is -2.35. The number of nitrogens with zero attached hydrogens (tertiary/aromatic N) is 2. The first-order valence-electron chi connectivity index (χ1n) is 9.46. The zero-order chi connectivity index (χ0) is 19.9. The van der Waals surface area contributed by atoms with Crippen LogP contribution in [0, 0.1) is 0 Å². The summed E-state index contributed by atoms with van der Waals surface area (Å²) in [6.45, 7) is 2.07. The van der Waals surface area contributed by atoms with E-state index >= 15 is 0 Å². The Morgan fingerprint density at radius 1 is 0.821 bits per heavy atom. The van der Waals surface area contributed by atoms with Crippen molar-refractivity contribution in [3.05, 3.63) is 59.7 Å². The Labute approximate surface area is 165 Å². The second-order valence-corrected chi connectivity index (χ2v) is 6.70. The third-order valence-corrected chi connectivity index (χ3v) is 5.03. The van der Waals surface area contributed by atoms with Crippen LogP contribution >= 0.6 is 0 Å². The maximum atomic E-state index is 13.0. The second-order valence-electron chi connectivity index (χ2n) is 6.70. The van der Waals surface area contributed by atoms with Crippen molar-refractivity contribution in [1.29, 1.82) is 0 Å². The van der Waals surface area contributed by atoms with Gasteiger partial charge in [0, 0.05) is 32.6 Å². The summed E-state index contributed by atoms with van der Waals surface area (Å²) >= 11 is 0. The van der Waals surface area contributed by atoms with Gasteiger partial charge >= 0.3 is 0 Å². The number of carbonyl (C=O) groups excluding carboxylic acids is 2. The molecule has 0 aliphatic carbocycles. The number of rotatable bonds is 6. The maximum absolute atomic E-state index is 13.0. The van der Waals surface area contributed by atoms with Crippen molar-refractivity contribution in [2.75, 3.05) is 40.4 Å². The molecule has 1 heterocycles. The summed E-state index contributed by atoms with van der Waals surface area (Å²) in [7, 11) is 3.07. The highest BCUT2D eigenvalue weighted by molar-refractivity contribution is 5.99. The van der Waals surface area contributed by atoms with Gasteiger partial charge in [0.1, 0.15) is 17.1 Å². The van der Waals surface area contributed by atoms with Crippen molar-refractivity contribution in [2.45, 2.75) is 12.8 Å². The van der Waals surface area contributed by atoms with E-state index in [1.807, 2.05) is 35.2 Å². The Hall–Kier alpha value is -3.02. The van der Waals surface area contributed by atoms with Crippen LogP contribution < -0.4 is 9.47 Å². The molecule has 0 radical (unpaired) electrons. The molecule has 0 aromatic heterocycles. The van der Waals surface area contributed by atoms with Crippen molar-refractivity contribution in [3.8, 4) is 11.5 Å². The monoisotopic (exact) mass is 382 g/mol. The maximum Gasteiger partial charge on any atom is 0.261 e. The van der Waals surface area contributed by atoms with Crippen molar-refractivity contribution >= 4 is 11.8 Å². The van der Waals surface area contributed by atoms with Crippen LogP contribution in [0.15, 0.2) is 48.5 Å². The molecule has 2 amide bonds. The van der Waals surface area contributed by atoms with Crippen LogP contribution in [0.5, 0.6) is 11.5 Å². The van der Waals surface area contributed by atoms with Gasteiger partial charge < -0.3 is 19.3 Å². The molecule has 1 aliphatic heterocycles. The fraction of sp³-hybridized carbons (Fsp3) is 0.364. The highest BCUT2D eigenvalue weighted by Gasteiger charge is 2.28. The zero-order valence-corrected chi connectivity index (χ0v) is 16.4. The van der Waals surface area contributed by atoms with E-state index in [-0.39, 0.29) is 11.8 Å². The fourth-order valence-electron chi connectivity index (χ4n) is 3.43. The van der Waals surface area contributed by atoms with Crippen LogP contribution in [-0.2, 0) is 11.2 Å². The van der Waals surface area contributed by atoms with Crippen LogP contribution in [0.3, 0.4) is 0 Å². The molecule has 6 heteroatoms. The third kappa shape index (κ3) is 4.44. The van der Waals surface area contributed by atoms with E-state index in [4.69, 9.17) is 9.47 Å². The normalized spacial score (nSPS) is 13.9. The second kappa shape index (κ2) is 9.26. The van der Waals surface area contributed by atoms with Crippen LogP contribution in [0.4, 0.5) is 0 Å². The summed E-state index contributed by atoms with van der Waals surface area (Å²) in [6, 6.07) is 15.3. The van der Waals surface area contributed by atoms with Gasteiger partial charge in [-0.1, -0.05) is 36.4 Å². The van der Waals surface area contributed by atoms with E-state index in [1.165, 1.54) is 14.2 Å². The van der Waals surface area contributed by atoms with Crippen molar-refractivity contribution < 1.29 is 19.1 Å². The molecule has 6 nitrogen and oxygen atoms in total. The quantitative estimate of drug-likeness (QED) is 0.771. The summed E-state index contributed by atoms with van der Waals surface area (Å²) in [6.07, 6.45) is 1.22. The van der Waals surface area contributed by atoms with Gasteiger partial charge in [-0.2, -0.15) is 0 Å². The van der Waals surface area contributed by atoms with Gasteiger partial charge in [0.25, 0.3) is 5.91 Å². The first-order chi connectivity index (χ1) is 13.6. The minimum absolute atomic E-state index is 0.130. The number of piperazine rings is 1. The summed E-state index contributed by atoms with van der Waals surface area (Å²) in [5.41, 5.74) is 1.59. The summed E-state index contributed by atoms with van der Waals surface area (Å²) < 4.78 is 10.7. The molecular weight excluding hydrogens is 356 g/mol. The van der Waals surface area contributed by atoms with Crippen molar-refractivity contribution in [3.63, 3.8) is 0 Å². The lowest BCUT2D eigenvalue weighted by Crippen LogP contribution is -2.50. The van der Waals surface area contributed by atoms with Crippen molar-refractivity contribution in [2.24, 2.45) is 0 Å². The number of aryl methyl sites for hydroxylation is 1. The molecular formula is C22H26N2O4. The molecule has 0 bridgehead atoms. The standard InChI is InChI=1S/C22H26N2O4/c1-27-18-9-6-10-19(28-2)21(18)22(26)24-15-13-23(14-16-24)20(25)12-11-17-7-4-3-5-8-17/h3-10H,11-16H2,1-2H3. The highest BCUT2D eigenvalue weighted by Crippen LogP contribution is 2.29. The van der Waals surface area contributed by atoms with E-state index in [9.17, 15) is 9.59 Å². The Morgan fingerprint density at radius 3 is 1.96 bits per heavy atom. The molecule has 1 fully saturated rings. The molecule has 0 unspecified atom stereocenters. The van der Waals surface area contributed by atoms with Crippen LogP contribution in [0.1, 0.15) is 22.3 Å². The number of carbonyl (C=O) groups is 2. The van der Waals surface area contributed by atoms with Crippen LogP contribution in [-0.4, -0.2) is 62.0 Å². The summed E-state index contributed by atoms with van der Waals surface area (Å²) in [4.78, 5) is 29.1. The number of hydrogen-bond acceptors (Lipinski definition) is 4. The fourth-order valence-corrected chi connectivity index (χ4v) is 3.43. The summed E-state index contributed by atoms with van der Waals surface area (Å²) in [5, 5.41) is 0. The van der Waals surface area contributed by atoms with Crippen LogP contribution in [0.25, 0.3) is 0 Å². The topological polar surface area (TPSA) is 59.1 Å². The van der Waals surface area contributed by atoms with Gasteiger partial charge in [0.05, 0.1) is 14.2 Å². The smallest absolute Gasteiger partial charge is 0.261 e. The largest absolute Gasteiger partial charge is 0.496 e. The van der Waals surface area contributed by atoms with Gasteiger partial charge in [-0.3, -0.25) is 9.59 Å².